The molecule has 2 aliphatic carbocycles. The number of pyridine rings is 1. The molecule has 0 saturated carbocycles. The lowest BCUT2D eigenvalue weighted by Crippen LogP contribution is -3.00. The second-order valence-electron chi connectivity index (χ2n) is 5.64. The van der Waals surface area contributed by atoms with E-state index in [2.05, 4.69) is 46.4 Å². The third kappa shape index (κ3) is 4.30. The van der Waals surface area contributed by atoms with E-state index < -0.39 is 5.83 Å². The number of fused-ring (bicyclic) bond motifs is 2. The van der Waals surface area contributed by atoms with Crippen molar-refractivity contribution in [2.24, 2.45) is 0 Å². The van der Waals surface area contributed by atoms with Crippen LogP contribution in [0, 0.1) is 6.92 Å². The topological polar surface area (TPSA) is 33.8 Å². The molecule has 130 valence electrons. The van der Waals surface area contributed by atoms with Gasteiger partial charge in [0.05, 0.1) is 5.57 Å². The van der Waals surface area contributed by atoms with E-state index in [-0.39, 0.29) is 23.8 Å². The van der Waals surface area contributed by atoms with Gasteiger partial charge in [-0.2, -0.15) is 0 Å². The van der Waals surface area contributed by atoms with Crippen molar-refractivity contribution in [1.82, 2.24) is 4.98 Å². The summed E-state index contributed by atoms with van der Waals surface area (Å²) in [4.78, 5) is 15.2. The third-order valence-corrected chi connectivity index (χ3v) is 4.72. The zero-order chi connectivity index (χ0) is 17.1. The Kier molecular flexibility index (Phi) is 6.39. The van der Waals surface area contributed by atoms with Gasteiger partial charge in [-0.15, -0.1) is 11.3 Å². The van der Waals surface area contributed by atoms with Crippen LogP contribution in [0.2, 0.25) is 0 Å². The van der Waals surface area contributed by atoms with E-state index in [0.29, 0.717) is 5.57 Å². The van der Waals surface area contributed by atoms with Crippen molar-refractivity contribution >= 4 is 17.1 Å². The first-order valence-electron chi connectivity index (χ1n) is 7.84. The lowest BCUT2D eigenvalue weighted by molar-refractivity contribution is -0.696. The molecule has 0 saturated heterocycles. The predicted molar refractivity (Wildman–Crippen MR) is 93.1 cm³/mol. The molecule has 2 bridgehead atoms. The molecule has 0 amide bonds. The fourth-order valence-corrected chi connectivity index (χ4v) is 3.29. The zero-order valence-corrected chi connectivity index (χ0v) is 15.6. The number of nitrogens with zero attached hydrogens (tertiary/aromatic N) is 2. The standard InChI is InChI=1S/C12H15N2S.C7H3FO.ClH/c1-3-6-14-7-4-11(5-8-14)12-13-10(2)9-15-12;8-6-3-4-1-2-5(6)7(4)9;/h4-5,7-9H,3,6H2,1-2H3;1-3H;1H/q+1;;/p-1. The smallest absolute Gasteiger partial charge is 0.196 e. The van der Waals surface area contributed by atoms with Gasteiger partial charge in [-0.1, -0.05) is 13.0 Å². The fourth-order valence-electron chi connectivity index (χ4n) is 2.49. The summed E-state index contributed by atoms with van der Waals surface area (Å²) in [6.45, 7) is 5.29. The van der Waals surface area contributed by atoms with Crippen molar-refractivity contribution in [2.75, 3.05) is 0 Å². The van der Waals surface area contributed by atoms with Crippen LogP contribution in [-0.2, 0) is 11.3 Å². The first-order valence-corrected chi connectivity index (χ1v) is 8.72. The number of ketones is 1. The lowest BCUT2D eigenvalue weighted by Gasteiger charge is -1.95. The molecule has 0 aliphatic heterocycles. The maximum atomic E-state index is 12.4. The minimum atomic E-state index is -0.391. The minimum Gasteiger partial charge on any atom is -1.00 e. The normalized spacial score (nSPS) is 14.2. The minimum absolute atomic E-state index is 0. The molecule has 2 aliphatic rings. The number of thiazole rings is 1. The summed E-state index contributed by atoms with van der Waals surface area (Å²) >= 11 is 1.70. The Morgan fingerprint density at radius 3 is 2.36 bits per heavy atom. The molecule has 0 radical (unpaired) electrons. The van der Waals surface area contributed by atoms with E-state index in [1.807, 2.05) is 6.92 Å². The van der Waals surface area contributed by atoms with Gasteiger partial charge in [-0.3, -0.25) is 4.79 Å². The molecule has 0 unspecified atom stereocenters. The molecule has 0 spiro atoms. The molecule has 0 aromatic carbocycles. The Balaban J connectivity index is 0.000000193. The number of aryl methyl sites for hydroxylation is 2. The molecule has 0 atom stereocenters. The van der Waals surface area contributed by atoms with Crippen molar-refractivity contribution in [3.05, 3.63) is 70.8 Å². The molecule has 3 nitrogen and oxygen atoms in total. The SMILES string of the molecule is CCC[n+]1ccc(-c2nc(C)cs2)cc1.O=C1C2=CC(F)=C1C=C2.[Cl-]. The van der Waals surface area contributed by atoms with Crippen molar-refractivity contribution in [1.29, 1.82) is 0 Å². The van der Waals surface area contributed by atoms with E-state index in [4.69, 9.17) is 0 Å². The largest absolute Gasteiger partial charge is 1.00 e. The highest BCUT2D eigenvalue weighted by molar-refractivity contribution is 7.13. The van der Waals surface area contributed by atoms with Crippen molar-refractivity contribution in [3.8, 4) is 10.6 Å². The molecule has 0 fully saturated rings. The van der Waals surface area contributed by atoms with Gasteiger partial charge in [-0.25, -0.2) is 13.9 Å². The maximum Gasteiger partial charge on any atom is 0.196 e. The number of aromatic nitrogens is 2. The Bertz CT molecular complexity index is 866. The highest BCUT2D eigenvalue weighted by Gasteiger charge is 2.26. The van der Waals surface area contributed by atoms with Gasteiger partial charge in [0, 0.05) is 40.8 Å². The fraction of sp³-hybridized carbons (Fsp3) is 0.211. The van der Waals surface area contributed by atoms with Crippen LogP contribution in [0.3, 0.4) is 0 Å². The molecule has 2 heterocycles. The molecule has 0 N–H and O–H groups in total. The molecule has 2 aromatic rings. The van der Waals surface area contributed by atoms with E-state index in [1.165, 1.54) is 24.1 Å². The summed E-state index contributed by atoms with van der Waals surface area (Å²) in [6, 6.07) is 4.27. The van der Waals surface area contributed by atoms with E-state index in [0.717, 1.165) is 17.2 Å². The van der Waals surface area contributed by atoms with E-state index >= 15 is 0 Å². The first-order chi connectivity index (χ1) is 11.6. The van der Waals surface area contributed by atoms with Crippen LogP contribution in [0.1, 0.15) is 19.0 Å². The summed E-state index contributed by atoms with van der Waals surface area (Å²) in [5.41, 5.74) is 2.99. The maximum absolute atomic E-state index is 12.4. The Morgan fingerprint density at radius 2 is 1.96 bits per heavy atom. The van der Waals surface area contributed by atoms with Gasteiger partial charge in [0.1, 0.15) is 17.4 Å². The number of hydrogen-bond donors (Lipinski definition) is 0. The Labute approximate surface area is 156 Å². The van der Waals surface area contributed by atoms with Gasteiger partial charge in [-0.05, 0) is 19.1 Å². The monoisotopic (exact) mass is 376 g/mol. The molecule has 4 rings (SSSR count). The van der Waals surface area contributed by atoms with Gasteiger partial charge < -0.3 is 12.4 Å². The summed E-state index contributed by atoms with van der Waals surface area (Å²) in [7, 11) is 0. The molecule has 6 heteroatoms. The summed E-state index contributed by atoms with van der Waals surface area (Å²) < 4.78 is 14.6. The number of carbonyl (C=O) groups is 1. The van der Waals surface area contributed by atoms with E-state index in [9.17, 15) is 9.18 Å². The highest BCUT2D eigenvalue weighted by atomic mass is 35.5. The molecular weight excluding hydrogens is 359 g/mol. The second kappa shape index (κ2) is 8.32. The highest BCUT2D eigenvalue weighted by Crippen LogP contribution is 2.30. The predicted octanol–water partition coefficient (Wildman–Crippen LogP) is 1.11. The number of carbonyl (C=O) groups excluding carboxylic acids is 1. The Hall–Kier alpha value is -2.11. The van der Waals surface area contributed by atoms with E-state index in [1.54, 1.807) is 17.4 Å². The van der Waals surface area contributed by atoms with Crippen LogP contribution in [0.25, 0.3) is 10.6 Å². The number of allylic oxidation sites excluding steroid dienone is 6. The van der Waals surface area contributed by atoms with Gasteiger partial charge in [0.15, 0.2) is 18.2 Å². The number of halogens is 2. The summed E-state index contributed by atoms with van der Waals surface area (Å²) in [6.07, 6.45) is 9.80. The average molecular weight is 377 g/mol. The number of Topliss-reactive ketones (excluding diaryl/α,β-unsaturated/α-hetero) is 1. The first kappa shape index (κ1) is 19.2. The van der Waals surface area contributed by atoms with Crippen LogP contribution in [0.15, 0.2) is 65.1 Å². The summed E-state index contributed by atoms with van der Waals surface area (Å²) in [5, 5.41) is 3.19. The summed E-state index contributed by atoms with van der Waals surface area (Å²) in [5.74, 6) is -0.565. The van der Waals surface area contributed by atoms with Gasteiger partial charge >= 0.3 is 0 Å². The van der Waals surface area contributed by atoms with Crippen LogP contribution in [0.5, 0.6) is 0 Å². The van der Waals surface area contributed by atoms with Crippen LogP contribution < -0.4 is 17.0 Å². The number of rotatable bonds is 3. The van der Waals surface area contributed by atoms with Crippen LogP contribution in [0.4, 0.5) is 4.39 Å². The number of hydrogen-bond acceptors (Lipinski definition) is 3. The zero-order valence-electron chi connectivity index (χ0n) is 14.0. The molecule has 2 aromatic heterocycles. The van der Waals surface area contributed by atoms with Crippen molar-refractivity contribution < 1.29 is 26.2 Å². The lowest BCUT2D eigenvalue weighted by atomic mass is 10.2. The van der Waals surface area contributed by atoms with Crippen LogP contribution >= 0.6 is 11.3 Å². The molecular formula is C19H18ClFN2OS. The average Bonchev–Trinajstić information content (AvgIpc) is 3.24. The van der Waals surface area contributed by atoms with Gasteiger partial charge in [0.2, 0.25) is 0 Å². The Morgan fingerprint density at radius 1 is 1.24 bits per heavy atom. The van der Waals surface area contributed by atoms with Crippen molar-refractivity contribution in [3.63, 3.8) is 0 Å². The van der Waals surface area contributed by atoms with Crippen LogP contribution in [-0.4, -0.2) is 10.8 Å². The second-order valence-corrected chi connectivity index (χ2v) is 6.50. The van der Waals surface area contributed by atoms with Crippen molar-refractivity contribution in [2.45, 2.75) is 26.8 Å². The quantitative estimate of drug-likeness (QED) is 0.752. The third-order valence-electron chi connectivity index (χ3n) is 3.71. The molecule has 25 heavy (non-hydrogen) atoms. The van der Waals surface area contributed by atoms with Gasteiger partial charge in [0.25, 0.3) is 0 Å².